The lowest BCUT2D eigenvalue weighted by molar-refractivity contribution is 0.191. The van der Waals surface area contributed by atoms with Gasteiger partial charge in [-0.1, -0.05) is 57.9 Å². The van der Waals surface area contributed by atoms with Crippen LogP contribution in [0.3, 0.4) is 0 Å². The number of para-hydroxylation sites is 1. The molecule has 2 aliphatic rings. The highest BCUT2D eigenvalue weighted by atomic mass is 15.6. The van der Waals surface area contributed by atoms with Crippen molar-refractivity contribution in [2.45, 2.75) is 85.6 Å². The van der Waals surface area contributed by atoms with Crippen molar-refractivity contribution in [1.82, 2.24) is 25.1 Å². The van der Waals surface area contributed by atoms with Crippen molar-refractivity contribution in [3.63, 3.8) is 0 Å². The first-order valence-corrected chi connectivity index (χ1v) is 12.1. The molecule has 1 aromatic heterocycles. The number of rotatable bonds is 4. The van der Waals surface area contributed by atoms with Crippen LogP contribution >= 0.6 is 0 Å². The van der Waals surface area contributed by atoms with E-state index < -0.39 is 0 Å². The number of likely N-dealkylation sites (tertiary alicyclic amines) is 1. The zero-order valence-corrected chi connectivity index (χ0v) is 20.1. The van der Waals surface area contributed by atoms with Crippen LogP contribution in [0.1, 0.15) is 88.7 Å². The van der Waals surface area contributed by atoms with Gasteiger partial charge in [0.1, 0.15) is 0 Å². The molecule has 2 heterocycles. The molecular formula is C26H39N5. The van der Waals surface area contributed by atoms with Crippen LogP contribution in [0.4, 0.5) is 0 Å². The minimum absolute atomic E-state index is 0.174. The molecule has 1 aliphatic carbocycles. The summed E-state index contributed by atoms with van der Waals surface area (Å²) in [4.78, 5) is 2.66. The van der Waals surface area contributed by atoms with E-state index >= 15 is 0 Å². The van der Waals surface area contributed by atoms with Crippen LogP contribution in [-0.2, 0) is 0 Å². The van der Waals surface area contributed by atoms with E-state index in [2.05, 4.69) is 79.3 Å². The first-order valence-electron chi connectivity index (χ1n) is 12.1. The van der Waals surface area contributed by atoms with Gasteiger partial charge in [-0.3, -0.25) is 4.90 Å². The van der Waals surface area contributed by atoms with E-state index in [4.69, 9.17) is 0 Å². The van der Waals surface area contributed by atoms with Crippen molar-refractivity contribution in [1.29, 1.82) is 0 Å². The summed E-state index contributed by atoms with van der Waals surface area (Å²) in [7, 11) is 0. The zero-order valence-electron chi connectivity index (χ0n) is 20.1. The van der Waals surface area contributed by atoms with Gasteiger partial charge in [0.15, 0.2) is 5.82 Å². The maximum atomic E-state index is 4.64. The molecule has 0 amide bonds. The number of allylic oxidation sites excluding steroid dienone is 1. The summed E-state index contributed by atoms with van der Waals surface area (Å²) in [6.45, 7) is 13.7. The molecule has 0 saturated carbocycles. The molecule has 2 atom stereocenters. The van der Waals surface area contributed by atoms with Gasteiger partial charge in [-0.2, -0.15) is 4.68 Å². The highest BCUT2D eigenvalue weighted by molar-refractivity contribution is 5.47. The van der Waals surface area contributed by atoms with Crippen molar-refractivity contribution in [2.75, 3.05) is 13.1 Å². The summed E-state index contributed by atoms with van der Waals surface area (Å²) in [5, 5.41) is 13.3. The van der Waals surface area contributed by atoms with Gasteiger partial charge in [0.05, 0.1) is 11.7 Å². The SMILES string of the molecule is Cc1cccc(C)c1-n1nnnc1C(C1=CCC(C(C)(C)C)CC1)N1CCCCCC1. The number of benzene rings is 1. The van der Waals surface area contributed by atoms with Crippen LogP contribution in [0.2, 0.25) is 0 Å². The second kappa shape index (κ2) is 9.23. The topological polar surface area (TPSA) is 46.8 Å². The largest absolute Gasteiger partial charge is 0.290 e. The molecule has 0 N–H and O–H groups in total. The summed E-state index contributed by atoms with van der Waals surface area (Å²) in [6.07, 6.45) is 11.3. The van der Waals surface area contributed by atoms with Gasteiger partial charge in [0, 0.05) is 0 Å². The molecule has 31 heavy (non-hydrogen) atoms. The molecular weight excluding hydrogens is 382 g/mol. The Bertz CT molecular complexity index is 892. The second-order valence-electron chi connectivity index (χ2n) is 10.7. The highest BCUT2D eigenvalue weighted by Gasteiger charge is 2.34. The number of tetrazole rings is 1. The minimum Gasteiger partial charge on any atom is -0.290 e. The Morgan fingerprint density at radius 2 is 1.68 bits per heavy atom. The average molecular weight is 422 g/mol. The molecule has 1 aromatic carbocycles. The lowest BCUT2D eigenvalue weighted by Crippen LogP contribution is -2.34. The van der Waals surface area contributed by atoms with Gasteiger partial charge in [0.2, 0.25) is 0 Å². The van der Waals surface area contributed by atoms with E-state index in [9.17, 15) is 0 Å². The predicted octanol–water partition coefficient (Wildman–Crippen LogP) is 5.97. The molecule has 2 unspecified atom stereocenters. The molecule has 5 nitrogen and oxygen atoms in total. The molecule has 5 heteroatoms. The van der Waals surface area contributed by atoms with E-state index in [0.717, 1.165) is 43.4 Å². The standard InChI is InChI=1S/C26H39N5/c1-19-11-10-12-20(2)23(19)31-25(27-28-29-31)24(30-17-8-6-7-9-18-30)21-13-15-22(16-14-21)26(3,4)5/h10-13,22,24H,6-9,14-18H2,1-5H3. The Hall–Kier alpha value is -2.01. The molecule has 0 spiro atoms. The van der Waals surface area contributed by atoms with Crippen LogP contribution in [0.5, 0.6) is 0 Å². The van der Waals surface area contributed by atoms with Gasteiger partial charge in [-0.25, -0.2) is 0 Å². The first-order chi connectivity index (χ1) is 14.9. The molecule has 1 fully saturated rings. The third kappa shape index (κ3) is 4.77. The summed E-state index contributed by atoms with van der Waals surface area (Å²) in [5.41, 5.74) is 5.44. The minimum atomic E-state index is 0.174. The predicted molar refractivity (Wildman–Crippen MR) is 126 cm³/mol. The Kier molecular flexibility index (Phi) is 6.61. The first kappa shape index (κ1) is 22.2. The summed E-state index contributed by atoms with van der Waals surface area (Å²) >= 11 is 0. The highest BCUT2D eigenvalue weighted by Crippen LogP contribution is 2.42. The van der Waals surface area contributed by atoms with E-state index in [0.29, 0.717) is 5.41 Å². The fourth-order valence-electron chi connectivity index (χ4n) is 5.47. The van der Waals surface area contributed by atoms with Crippen LogP contribution in [0.15, 0.2) is 29.8 Å². The number of hydrogen-bond donors (Lipinski definition) is 0. The fraction of sp³-hybridized carbons (Fsp3) is 0.654. The molecule has 0 radical (unpaired) electrons. The van der Waals surface area contributed by atoms with Crippen LogP contribution in [0.25, 0.3) is 5.69 Å². The quantitative estimate of drug-likeness (QED) is 0.571. The molecule has 1 aliphatic heterocycles. The van der Waals surface area contributed by atoms with Gasteiger partial charge >= 0.3 is 0 Å². The van der Waals surface area contributed by atoms with Crippen molar-refractivity contribution < 1.29 is 0 Å². The maximum Gasteiger partial charge on any atom is 0.177 e. The lowest BCUT2D eigenvalue weighted by atomic mass is 9.72. The number of aryl methyl sites for hydroxylation is 2. The Labute approximate surface area is 187 Å². The normalized spacial score (nSPS) is 22.1. The number of hydrogen-bond acceptors (Lipinski definition) is 4. The zero-order chi connectivity index (χ0) is 22.0. The summed E-state index contributed by atoms with van der Waals surface area (Å²) in [5.74, 6) is 1.73. The monoisotopic (exact) mass is 421 g/mol. The third-order valence-corrected chi connectivity index (χ3v) is 7.42. The third-order valence-electron chi connectivity index (χ3n) is 7.42. The van der Waals surface area contributed by atoms with Crippen LogP contribution in [0, 0.1) is 25.2 Å². The maximum absolute atomic E-state index is 4.64. The van der Waals surface area contributed by atoms with Crippen LogP contribution < -0.4 is 0 Å². The molecule has 0 bridgehead atoms. The van der Waals surface area contributed by atoms with Crippen molar-refractivity contribution >= 4 is 0 Å². The molecule has 1 saturated heterocycles. The Balaban J connectivity index is 1.75. The van der Waals surface area contributed by atoms with Gasteiger partial charge in [-0.15, -0.1) is 5.10 Å². The van der Waals surface area contributed by atoms with E-state index in [1.54, 1.807) is 0 Å². The van der Waals surface area contributed by atoms with E-state index in [1.807, 2.05) is 4.68 Å². The summed E-state index contributed by atoms with van der Waals surface area (Å²) < 4.78 is 2.02. The van der Waals surface area contributed by atoms with Gasteiger partial charge < -0.3 is 0 Å². The Morgan fingerprint density at radius 3 is 2.26 bits per heavy atom. The number of aromatic nitrogens is 4. The summed E-state index contributed by atoms with van der Waals surface area (Å²) in [6, 6.07) is 6.60. The molecule has 168 valence electrons. The van der Waals surface area contributed by atoms with E-state index in [-0.39, 0.29) is 6.04 Å². The van der Waals surface area contributed by atoms with Crippen molar-refractivity contribution in [2.24, 2.45) is 11.3 Å². The molecule has 2 aromatic rings. The van der Waals surface area contributed by atoms with Crippen molar-refractivity contribution in [3.8, 4) is 5.69 Å². The smallest absolute Gasteiger partial charge is 0.177 e. The molecule has 4 rings (SSSR count). The fourth-order valence-corrected chi connectivity index (χ4v) is 5.47. The second-order valence-corrected chi connectivity index (χ2v) is 10.7. The number of nitrogens with zero attached hydrogens (tertiary/aromatic N) is 5. The van der Waals surface area contributed by atoms with Gasteiger partial charge in [-0.05, 0) is 97.5 Å². The Morgan fingerprint density at radius 1 is 1.00 bits per heavy atom. The van der Waals surface area contributed by atoms with E-state index in [1.165, 1.54) is 48.8 Å². The van der Waals surface area contributed by atoms with Crippen molar-refractivity contribution in [3.05, 3.63) is 46.8 Å². The lowest BCUT2D eigenvalue weighted by Gasteiger charge is -2.37. The van der Waals surface area contributed by atoms with Gasteiger partial charge in [0.25, 0.3) is 0 Å². The average Bonchev–Trinajstić information content (AvgIpc) is 3.02. The van der Waals surface area contributed by atoms with Crippen LogP contribution in [-0.4, -0.2) is 38.2 Å².